The van der Waals surface area contributed by atoms with E-state index >= 15 is 0 Å². The van der Waals surface area contributed by atoms with E-state index in [2.05, 4.69) is 102 Å². The Balaban J connectivity index is 0.000000135. The molecule has 0 saturated carbocycles. The summed E-state index contributed by atoms with van der Waals surface area (Å²) in [6.07, 6.45) is 8.28. The fourth-order valence-electron chi connectivity index (χ4n) is 5.91. The highest BCUT2D eigenvalue weighted by Gasteiger charge is 2.11. The van der Waals surface area contributed by atoms with E-state index in [1.165, 1.54) is 6.92 Å². The van der Waals surface area contributed by atoms with E-state index in [4.69, 9.17) is 27.9 Å². The van der Waals surface area contributed by atoms with Crippen LogP contribution in [0.25, 0.3) is 54.5 Å². The molecule has 10 rings (SSSR count). The van der Waals surface area contributed by atoms with Gasteiger partial charge in [0.2, 0.25) is 0 Å². The summed E-state index contributed by atoms with van der Waals surface area (Å²) in [5.74, 6) is 0.950. The maximum Gasteiger partial charge on any atom is 0.308 e. The van der Waals surface area contributed by atoms with Gasteiger partial charge in [0.25, 0.3) is 0 Å². The third-order valence-electron chi connectivity index (χ3n) is 8.85. The van der Waals surface area contributed by atoms with Crippen molar-refractivity contribution in [3.63, 3.8) is 0 Å². The molecule has 4 N–H and O–H groups in total. The van der Waals surface area contributed by atoms with E-state index in [9.17, 15) is 25.2 Å². The van der Waals surface area contributed by atoms with E-state index in [0.29, 0.717) is 51.4 Å². The molecule has 0 amide bonds. The van der Waals surface area contributed by atoms with Gasteiger partial charge in [0, 0.05) is 72.9 Å². The van der Waals surface area contributed by atoms with E-state index in [-0.39, 0.29) is 29.0 Å². The molecule has 0 aliphatic rings. The number of hydrogen-bond donors (Lipinski definition) is 4. The highest BCUT2D eigenvalue weighted by Crippen LogP contribution is 2.37. The molecule has 11 nitrogen and oxygen atoms in total. The minimum Gasteiger partial charge on any atom is -0.506 e. The van der Waals surface area contributed by atoms with Crippen LogP contribution in [-0.4, -0.2) is 51.3 Å². The summed E-state index contributed by atoms with van der Waals surface area (Å²) in [5, 5.41) is 44.0. The van der Waals surface area contributed by atoms with Crippen LogP contribution in [0.15, 0.2) is 149 Å². The van der Waals surface area contributed by atoms with Crippen LogP contribution in [0.1, 0.15) is 6.92 Å². The smallest absolute Gasteiger partial charge is 0.308 e. The third kappa shape index (κ3) is 12.5. The Morgan fingerprint density at radius 2 is 0.985 bits per heavy atom. The lowest BCUT2D eigenvalue weighted by molar-refractivity contribution is -0.131. The number of nitrogens with zero attached hydrogens (tertiary/aromatic N) is 5. The van der Waals surface area contributed by atoms with Crippen LogP contribution in [0.4, 0.5) is 0 Å². The highest BCUT2D eigenvalue weighted by atomic mass is 127. The number of hydrogen-bond acceptors (Lipinski definition) is 11. The molecule has 0 aliphatic carbocycles. The van der Waals surface area contributed by atoms with Gasteiger partial charge in [-0.3, -0.25) is 29.7 Å². The van der Waals surface area contributed by atoms with Crippen molar-refractivity contribution in [3.05, 3.63) is 170 Å². The molecule has 65 heavy (non-hydrogen) atoms. The van der Waals surface area contributed by atoms with Gasteiger partial charge in [-0.05, 0) is 163 Å². The van der Waals surface area contributed by atoms with Gasteiger partial charge in [0.15, 0.2) is 23.0 Å². The fraction of sp³-hybridized carbons (Fsp3) is 0.0213. The number of carbonyl (C=O) groups excluding carboxylic acids is 1. The molecule has 18 heteroatoms. The first-order valence-electron chi connectivity index (χ1n) is 18.7. The first-order chi connectivity index (χ1) is 31.2. The maximum atomic E-state index is 10.9. The molecule has 0 aliphatic heterocycles. The van der Waals surface area contributed by atoms with Gasteiger partial charge in [0.1, 0.15) is 33.3 Å². The van der Waals surface area contributed by atoms with Crippen molar-refractivity contribution in [2.24, 2.45) is 0 Å². The SMILES string of the molecule is CC(=O)Oc1ccc(Cl)c2cccnc12.Oc1c(Br)cc(Br)c2cccnc12.Oc1c(I)cc(Cl)c2cccnc12.Oc1c(I)cc(I)c2cccnc12.Oc1cccc2cccnc12. The summed E-state index contributed by atoms with van der Waals surface area (Å²) in [6, 6.07) is 32.7. The van der Waals surface area contributed by atoms with Gasteiger partial charge in [-0.2, -0.15) is 0 Å². The number of carbonyl (C=O) groups is 1. The summed E-state index contributed by atoms with van der Waals surface area (Å²) in [5.41, 5.74) is 3.09. The second-order valence-corrected chi connectivity index (χ2v) is 19.2. The van der Waals surface area contributed by atoms with Gasteiger partial charge in [-0.1, -0.05) is 69.5 Å². The number of benzene rings is 5. The number of para-hydroxylation sites is 1. The molecule has 0 radical (unpaired) electrons. The van der Waals surface area contributed by atoms with Crippen LogP contribution < -0.4 is 4.74 Å². The Morgan fingerprint density at radius 3 is 1.58 bits per heavy atom. The largest absolute Gasteiger partial charge is 0.506 e. The number of phenolic OH excluding ortho intramolecular Hbond substituents is 4. The predicted molar refractivity (Wildman–Crippen MR) is 290 cm³/mol. The van der Waals surface area contributed by atoms with E-state index < -0.39 is 0 Å². The second kappa shape index (κ2) is 23.3. The number of halogens is 7. The maximum absolute atomic E-state index is 10.9. The van der Waals surface area contributed by atoms with Crippen LogP contribution >= 0.6 is 123 Å². The average Bonchev–Trinajstić information content (AvgIpc) is 3.31. The summed E-state index contributed by atoms with van der Waals surface area (Å²) < 4.78 is 9.25. The molecule has 0 bridgehead atoms. The minimum atomic E-state index is -0.371. The van der Waals surface area contributed by atoms with Gasteiger partial charge < -0.3 is 25.2 Å². The Bertz CT molecular complexity index is 3140. The zero-order valence-corrected chi connectivity index (χ0v) is 44.4. The fourth-order valence-corrected chi connectivity index (χ4v) is 10.3. The van der Waals surface area contributed by atoms with Crippen molar-refractivity contribution < 1.29 is 30.0 Å². The normalized spacial score (nSPS) is 10.5. The number of aromatic nitrogens is 5. The number of esters is 1. The van der Waals surface area contributed by atoms with E-state index in [0.717, 1.165) is 38.5 Å². The number of ether oxygens (including phenoxy) is 1. The number of rotatable bonds is 1. The first-order valence-corrected chi connectivity index (χ1v) is 24.2. The Kier molecular flexibility index (Phi) is 17.9. The van der Waals surface area contributed by atoms with Gasteiger partial charge in [-0.25, -0.2) is 0 Å². The zero-order valence-electron chi connectivity index (χ0n) is 33.3. The number of aromatic hydroxyl groups is 4. The van der Waals surface area contributed by atoms with Crippen LogP contribution in [0.2, 0.25) is 10.0 Å². The topological polar surface area (TPSA) is 172 Å². The molecule has 0 unspecified atom stereocenters. The molecule has 5 heterocycles. The Hall–Kier alpha value is -4.45. The summed E-state index contributed by atoms with van der Waals surface area (Å²) >= 11 is 25.0. The molecule has 5 aromatic carbocycles. The van der Waals surface area contributed by atoms with Gasteiger partial charge >= 0.3 is 5.97 Å². The second-order valence-electron chi connectivity index (χ2n) is 13.2. The molecule has 10 aromatic rings. The molecule has 0 spiro atoms. The molecular weight excluding hydrogens is 1340 g/mol. The summed E-state index contributed by atoms with van der Waals surface area (Å²) in [7, 11) is 0. The molecule has 0 fully saturated rings. The lowest BCUT2D eigenvalue weighted by Crippen LogP contribution is -2.02. The summed E-state index contributed by atoms with van der Waals surface area (Å²) in [6.45, 7) is 1.35. The van der Waals surface area contributed by atoms with Crippen LogP contribution in [0.3, 0.4) is 0 Å². The number of fused-ring (bicyclic) bond motifs is 5. The van der Waals surface area contributed by atoms with E-state index in [1.54, 1.807) is 79.5 Å². The van der Waals surface area contributed by atoms with Crippen LogP contribution in [0, 0.1) is 10.7 Å². The zero-order chi connectivity index (χ0) is 46.8. The van der Waals surface area contributed by atoms with Crippen molar-refractivity contribution in [2.75, 3.05) is 0 Å². The van der Waals surface area contributed by atoms with Crippen molar-refractivity contribution in [3.8, 4) is 28.7 Å². The lowest BCUT2D eigenvalue weighted by Gasteiger charge is -2.05. The monoisotopic (exact) mass is 1370 g/mol. The number of phenols is 4. The molecule has 5 aromatic heterocycles. The molecule has 0 saturated heterocycles. The van der Waals surface area contributed by atoms with Crippen LogP contribution in [0.5, 0.6) is 28.7 Å². The Morgan fingerprint density at radius 1 is 0.508 bits per heavy atom. The van der Waals surface area contributed by atoms with E-state index in [1.807, 2.05) is 83.3 Å². The van der Waals surface area contributed by atoms with Crippen molar-refractivity contribution in [1.29, 1.82) is 0 Å². The quantitative estimate of drug-likeness (QED) is 0.0700. The standard InChI is InChI=1S/C11H8ClNO2.C9H5Br2NO.C9H5ClINO.C9H5I2NO.C9H7NO/c1-7(14)15-10-5-4-9(12)8-3-2-6-13-11(8)10;3*10-6-4-7(11)9(13)8-5(6)2-1-3-12-8;11-8-5-1-3-7-4-2-6-10-9(7)8/h2-6H,1H3;3*1-4,13H;1-6,11H. The van der Waals surface area contributed by atoms with Crippen molar-refractivity contribution in [2.45, 2.75) is 6.92 Å². The molecule has 0 atom stereocenters. The van der Waals surface area contributed by atoms with Gasteiger partial charge in [-0.15, -0.1) is 0 Å². The van der Waals surface area contributed by atoms with Gasteiger partial charge in [0.05, 0.1) is 21.7 Å². The molecular formula is C47H30Br2Cl2I3N5O6. The van der Waals surface area contributed by atoms with Crippen molar-refractivity contribution in [1.82, 2.24) is 24.9 Å². The highest BCUT2D eigenvalue weighted by molar-refractivity contribution is 14.1. The number of pyridine rings is 5. The predicted octanol–water partition coefficient (Wildman–Crippen LogP) is 14.6. The van der Waals surface area contributed by atoms with Crippen LogP contribution in [-0.2, 0) is 4.79 Å². The molecule has 328 valence electrons. The first kappa shape index (κ1) is 50.0. The Labute approximate surface area is 438 Å². The lowest BCUT2D eigenvalue weighted by atomic mass is 10.2. The van der Waals surface area contributed by atoms with Crippen molar-refractivity contribution >= 4 is 183 Å². The summed E-state index contributed by atoms with van der Waals surface area (Å²) in [4.78, 5) is 31.3. The third-order valence-corrected chi connectivity index (χ3v) is 13.3. The minimum absolute atomic E-state index is 0.179. The average molecular weight is 1370 g/mol.